The second kappa shape index (κ2) is 7.48. The Balaban J connectivity index is 2.04. The van der Waals surface area contributed by atoms with Gasteiger partial charge in [0.2, 0.25) is 0 Å². The molecule has 2 rings (SSSR count). The van der Waals surface area contributed by atoms with E-state index in [1.165, 1.54) is 5.56 Å². The van der Waals surface area contributed by atoms with Crippen LogP contribution in [0.2, 0.25) is 10.0 Å². The zero-order valence-electron chi connectivity index (χ0n) is 11.8. The molecule has 0 aromatic heterocycles. The zero-order chi connectivity index (χ0) is 15.2. The highest BCUT2D eigenvalue weighted by atomic mass is 35.5. The molecule has 0 heterocycles. The lowest BCUT2D eigenvalue weighted by Gasteiger charge is -2.16. The van der Waals surface area contributed by atoms with E-state index in [0.717, 1.165) is 6.42 Å². The number of halogens is 2. The number of nitrogens with one attached hydrogen (secondary N) is 1. The van der Waals surface area contributed by atoms with Gasteiger partial charge < -0.3 is 5.32 Å². The van der Waals surface area contributed by atoms with Crippen LogP contribution in [0.4, 0.5) is 0 Å². The van der Waals surface area contributed by atoms with Crippen LogP contribution in [0.1, 0.15) is 35.2 Å². The van der Waals surface area contributed by atoms with Crippen molar-refractivity contribution in [3.8, 4) is 0 Å². The second-order valence-corrected chi connectivity index (χ2v) is 5.69. The molecule has 0 bridgehead atoms. The molecular weight excluding hydrogens is 305 g/mol. The van der Waals surface area contributed by atoms with Gasteiger partial charge in [-0.1, -0.05) is 60.5 Å². The van der Waals surface area contributed by atoms with Gasteiger partial charge in [0.05, 0.1) is 10.6 Å². The summed E-state index contributed by atoms with van der Waals surface area (Å²) >= 11 is 11.9. The topological polar surface area (TPSA) is 29.1 Å². The van der Waals surface area contributed by atoms with Crippen molar-refractivity contribution in [2.45, 2.75) is 19.3 Å². The van der Waals surface area contributed by atoms with Crippen molar-refractivity contribution < 1.29 is 4.79 Å². The Morgan fingerprint density at radius 3 is 2.52 bits per heavy atom. The van der Waals surface area contributed by atoms with Crippen LogP contribution >= 0.6 is 23.2 Å². The maximum absolute atomic E-state index is 12.2. The molecule has 1 N–H and O–H groups in total. The first-order chi connectivity index (χ1) is 10.1. The lowest BCUT2D eigenvalue weighted by molar-refractivity contribution is 0.0951. The van der Waals surface area contributed by atoms with Gasteiger partial charge in [0.15, 0.2) is 0 Å². The summed E-state index contributed by atoms with van der Waals surface area (Å²) in [6, 6.07) is 15.0. The molecule has 0 saturated carbocycles. The number of amides is 1. The highest BCUT2D eigenvalue weighted by Crippen LogP contribution is 2.22. The van der Waals surface area contributed by atoms with E-state index in [0.29, 0.717) is 22.2 Å². The molecule has 2 aromatic rings. The van der Waals surface area contributed by atoms with E-state index >= 15 is 0 Å². The van der Waals surface area contributed by atoms with Crippen LogP contribution in [-0.4, -0.2) is 12.5 Å². The molecule has 0 radical (unpaired) electrons. The number of hydrogen-bond donors (Lipinski definition) is 1. The highest BCUT2D eigenvalue weighted by molar-refractivity contribution is 6.35. The van der Waals surface area contributed by atoms with E-state index in [-0.39, 0.29) is 11.8 Å². The Morgan fingerprint density at radius 2 is 1.86 bits per heavy atom. The molecule has 0 saturated heterocycles. The Bertz CT molecular complexity index is 613. The Labute approximate surface area is 135 Å². The monoisotopic (exact) mass is 321 g/mol. The van der Waals surface area contributed by atoms with E-state index in [2.05, 4.69) is 24.4 Å². The molecule has 21 heavy (non-hydrogen) atoms. The van der Waals surface area contributed by atoms with E-state index in [4.69, 9.17) is 23.2 Å². The third-order valence-electron chi connectivity index (χ3n) is 3.45. The van der Waals surface area contributed by atoms with Gasteiger partial charge >= 0.3 is 0 Å². The smallest absolute Gasteiger partial charge is 0.252 e. The van der Waals surface area contributed by atoms with E-state index in [1.807, 2.05) is 18.2 Å². The van der Waals surface area contributed by atoms with Crippen LogP contribution < -0.4 is 5.32 Å². The molecule has 2 aromatic carbocycles. The van der Waals surface area contributed by atoms with Gasteiger partial charge in [-0.05, 0) is 30.2 Å². The van der Waals surface area contributed by atoms with E-state index < -0.39 is 0 Å². The van der Waals surface area contributed by atoms with Crippen LogP contribution in [-0.2, 0) is 0 Å². The van der Waals surface area contributed by atoms with Crippen LogP contribution in [0.25, 0.3) is 0 Å². The molecule has 1 amide bonds. The molecular formula is C17H17Cl2NO. The summed E-state index contributed by atoms with van der Waals surface area (Å²) in [5.74, 6) is 0.0880. The van der Waals surface area contributed by atoms with Gasteiger partial charge in [0, 0.05) is 17.5 Å². The fraction of sp³-hybridized carbons (Fsp3) is 0.235. The molecule has 4 heteroatoms. The lowest BCUT2D eigenvalue weighted by Crippen LogP contribution is -2.28. The number of carbonyl (C=O) groups is 1. The van der Waals surface area contributed by atoms with Gasteiger partial charge in [-0.3, -0.25) is 4.79 Å². The molecule has 1 atom stereocenters. The highest BCUT2D eigenvalue weighted by Gasteiger charge is 2.14. The average Bonchev–Trinajstić information content (AvgIpc) is 2.51. The zero-order valence-corrected chi connectivity index (χ0v) is 13.3. The van der Waals surface area contributed by atoms with Crippen LogP contribution in [0, 0.1) is 0 Å². The van der Waals surface area contributed by atoms with Gasteiger partial charge in [-0.2, -0.15) is 0 Å². The van der Waals surface area contributed by atoms with Gasteiger partial charge in [-0.25, -0.2) is 0 Å². The summed E-state index contributed by atoms with van der Waals surface area (Å²) in [6.07, 6.45) is 0.952. The Morgan fingerprint density at radius 1 is 1.14 bits per heavy atom. The predicted octanol–water partition coefficient (Wildman–Crippen LogP) is 4.92. The second-order valence-electron chi connectivity index (χ2n) is 4.85. The Kier molecular flexibility index (Phi) is 5.66. The average molecular weight is 322 g/mol. The van der Waals surface area contributed by atoms with Gasteiger partial charge in [-0.15, -0.1) is 0 Å². The quantitative estimate of drug-likeness (QED) is 0.832. The summed E-state index contributed by atoms with van der Waals surface area (Å²) in [5.41, 5.74) is 1.63. The third kappa shape index (κ3) is 4.23. The summed E-state index contributed by atoms with van der Waals surface area (Å²) in [6.45, 7) is 2.68. The predicted molar refractivity (Wildman–Crippen MR) is 88.3 cm³/mol. The number of benzene rings is 2. The standard InChI is InChI=1S/C17H17Cl2NO/c1-2-12(13-6-4-3-5-7-13)11-20-17(21)15-10-14(18)8-9-16(15)19/h3-10,12H,2,11H2,1H3,(H,20,21). The van der Waals surface area contributed by atoms with Gasteiger partial charge in [0.1, 0.15) is 0 Å². The van der Waals surface area contributed by atoms with Crippen LogP contribution in [0.5, 0.6) is 0 Å². The first-order valence-corrected chi connectivity index (χ1v) is 7.65. The van der Waals surface area contributed by atoms with Crippen molar-refractivity contribution in [1.82, 2.24) is 5.32 Å². The summed E-state index contributed by atoms with van der Waals surface area (Å²) in [4.78, 5) is 12.2. The fourth-order valence-corrected chi connectivity index (χ4v) is 2.58. The first-order valence-electron chi connectivity index (χ1n) is 6.90. The van der Waals surface area contributed by atoms with Crippen molar-refractivity contribution in [3.05, 3.63) is 69.7 Å². The van der Waals surface area contributed by atoms with E-state index in [1.54, 1.807) is 18.2 Å². The Hall–Kier alpha value is -1.51. The van der Waals surface area contributed by atoms with Crippen LogP contribution in [0.15, 0.2) is 48.5 Å². The number of hydrogen-bond acceptors (Lipinski definition) is 1. The van der Waals surface area contributed by atoms with Gasteiger partial charge in [0.25, 0.3) is 5.91 Å². The van der Waals surface area contributed by atoms with E-state index in [9.17, 15) is 4.79 Å². The normalized spacial score (nSPS) is 12.0. The molecule has 0 aliphatic carbocycles. The molecule has 2 nitrogen and oxygen atoms in total. The number of rotatable bonds is 5. The molecule has 0 aliphatic rings. The van der Waals surface area contributed by atoms with Crippen molar-refractivity contribution in [3.63, 3.8) is 0 Å². The minimum absolute atomic E-state index is 0.197. The van der Waals surface area contributed by atoms with Crippen molar-refractivity contribution in [2.24, 2.45) is 0 Å². The molecule has 110 valence electrons. The molecule has 1 unspecified atom stereocenters. The maximum Gasteiger partial charge on any atom is 0.252 e. The maximum atomic E-state index is 12.2. The summed E-state index contributed by atoms with van der Waals surface area (Å²) in [5, 5.41) is 3.84. The van der Waals surface area contributed by atoms with Crippen LogP contribution in [0.3, 0.4) is 0 Å². The molecule has 0 aliphatic heterocycles. The van der Waals surface area contributed by atoms with Crippen molar-refractivity contribution in [2.75, 3.05) is 6.54 Å². The SMILES string of the molecule is CCC(CNC(=O)c1cc(Cl)ccc1Cl)c1ccccc1. The largest absolute Gasteiger partial charge is 0.351 e. The minimum atomic E-state index is -0.197. The minimum Gasteiger partial charge on any atom is -0.351 e. The molecule has 0 spiro atoms. The number of carbonyl (C=O) groups excluding carboxylic acids is 1. The summed E-state index contributed by atoms with van der Waals surface area (Å²) < 4.78 is 0. The van der Waals surface area contributed by atoms with Crippen molar-refractivity contribution in [1.29, 1.82) is 0 Å². The first kappa shape index (κ1) is 15.9. The lowest BCUT2D eigenvalue weighted by atomic mass is 9.96. The molecule has 0 fully saturated rings. The van der Waals surface area contributed by atoms with Crippen molar-refractivity contribution >= 4 is 29.1 Å². The summed E-state index contributed by atoms with van der Waals surface area (Å²) in [7, 11) is 0. The third-order valence-corrected chi connectivity index (χ3v) is 4.01. The fourth-order valence-electron chi connectivity index (χ4n) is 2.21.